The van der Waals surface area contributed by atoms with Crippen LogP contribution in [0.5, 0.6) is 17.2 Å². The van der Waals surface area contributed by atoms with Crippen molar-refractivity contribution in [3.05, 3.63) is 54.9 Å². The van der Waals surface area contributed by atoms with Gasteiger partial charge in [0.15, 0.2) is 28.8 Å². The quantitative estimate of drug-likeness (QED) is 0.432. The molecule has 0 radical (unpaired) electrons. The fourth-order valence-corrected chi connectivity index (χ4v) is 3.85. The Morgan fingerprint density at radius 3 is 2.39 bits per heavy atom. The molecule has 166 valence electrons. The van der Waals surface area contributed by atoms with Crippen molar-refractivity contribution in [1.29, 1.82) is 0 Å². The Morgan fingerprint density at radius 1 is 1.00 bits per heavy atom. The molecule has 2 aromatic carbocycles. The van der Waals surface area contributed by atoms with Crippen molar-refractivity contribution in [2.45, 2.75) is 0 Å². The van der Waals surface area contributed by atoms with Crippen molar-refractivity contribution >= 4 is 22.6 Å². The number of carbonyl (C=O) groups is 1. The first-order chi connectivity index (χ1) is 16.0. The van der Waals surface area contributed by atoms with Gasteiger partial charge >= 0.3 is 6.09 Å². The number of rotatable bonds is 5. The lowest BCUT2D eigenvalue weighted by atomic mass is 10.1. The zero-order valence-electron chi connectivity index (χ0n) is 18.0. The Kier molecular flexibility index (Phi) is 4.82. The molecule has 10 heteroatoms. The van der Waals surface area contributed by atoms with Gasteiger partial charge < -0.3 is 19.3 Å². The first kappa shape index (κ1) is 20.3. The number of hydrogen-bond acceptors (Lipinski definition) is 7. The van der Waals surface area contributed by atoms with E-state index in [-0.39, 0.29) is 0 Å². The maximum absolute atomic E-state index is 11.7. The number of ether oxygens (including phenoxy) is 3. The third-order valence-corrected chi connectivity index (χ3v) is 5.34. The smallest absolute Gasteiger partial charge is 0.416 e. The van der Waals surface area contributed by atoms with E-state index in [2.05, 4.69) is 15.1 Å². The molecule has 33 heavy (non-hydrogen) atoms. The number of nitrogens with zero attached hydrogens (tertiary/aromatic N) is 5. The Bertz CT molecular complexity index is 1500. The molecule has 0 unspecified atom stereocenters. The fourth-order valence-electron chi connectivity index (χ4n) is 3.85. The summed E-state index contributed by atoms with van der Waals surface area (Å²) in [6.07, 6.45) is 2.07. The summed E-state index contributed by atoms with van der Waals surface area (Å²) in [5.74, 6) is 2.32. The minimum Gasteiger partial charge on any atom is -0.493 e. The van der Waals surface area contributed by atoms with Gasteiger partial charge in [0.05, 0.1) is 26.8 Å². The molecule has 0 bridgehead atoms. The molecular weight excluding hydrogens is 426 g/mol. The maximum atomic E-state index is 11.7. The summed E-state index contributed by atoms with van der Waals surface area (Å²) >= 11 is 0. The third kappa shape index (κ3) is 3.19. The molecule has 0 amide bonds. The first-order valence-electron chi connectivity index (χ1n) is 9.91. The van der Waals surface area contributed by atoms with Crippen molar-refractivity contribution in [1.82, 2.24) is 24.1 Å². The molecule has 0 saturated heterocycles. The van der Waals surface area contributed by atoms with Crippen LogP contribution in [0.3, 0.4) is 0 Å². The highest BCUT2D eigenvalue weighted by Gasteiger charge is 2.20. The number of aromatic nitrogens is 5. The number of para-hydroxylation sites is 1. The van der Waals surface area contributed by atoms with Gasteiger partial charge in [-0.1, -0.05) is 18.2 Å². The van der Waals surface area contributed by atoms with Crippen LogP contribution in [0.2, 0.25) is 0 Å². The van der Waals surface area contributed by atoms with E-state index in [1.807, 2.05) is 12.1 Å². The Balaban J connectivity index is 1.72. The topological polar surface area (TPSA) is 113 Å². The number of benzene rings is 2. The minimum atomic E-state index is -1.08. The highest BCUT2D eigenvalue weighted by atomic mass is 16.5. The molecule has 0 aliphatic heterocycles. The molecule has 0 aliphatic rings. The predicted octanol–water partition coefficient (Wildman–Crippen LogP) is 3.96. The van der Waals surface area contributed by atoms with Crippen LogP contribution < -0.4 is 14.2 Å². The van der Waals surface area contributed by atoms with E-state index in [4.69, 9.17) is 14.2 Å². The van der Waals surface area contributed by atoms with Crippen LogP contribution >= 0.6 is 0 Å². The summed E-state index contributed by atoms with van der Waals surface area (Å²) in [4.78, 5) is 20.8. The molecule has 0 saturated carbocycles. The highest BCUT2D eigenvalue weighted by molar-refractivity contribution is 5.99. The van der Waals surface area contributed by atoms with Gasteiger partial charge in [0, 0.05) is 35.0 Å². The van der Waals surface area contributed by atoms with Crippen molar-refractivity contribution in [3.8, 4) is 40.0 Å². The molecule has 5 aromatic rings. The standard InChI is InChI=1S/C23H19N5O5/c1-31-17-10-13(11-18(32-2)20(17)33-3)22-24-9-8-19-25-21(26-28(19)22)15-12-27(23(29)30)16-7-5-4-6-14(15)16/h4-12H,1-3H3,(H,29,30). The van der Waals surface area contributed by atoms with Gasteiger partial charge in [-0.15, -0.1) is 5.10 Å². The van der Waals surface area contributed by atoms with Crippen LogP contribution in [0.15, 0.2) is 54.9 Å². The van der Waals surface area contributed by atoms with Gasteiger partial charge in [-0.3, -0.25) is 4.57 Å². The van der Waals surface area contributed by atoms with Crippen molar-refractivity contribution in [2.24, 2.45) is 0 Å². The largest absolute Gasteiger partial charge is 0.493 e. The van der Waals surface area contributed by atoms with Crippen LogP contribution in [0.4, 0.5) is 4.79 Å². The van der Waals surface area contributed by atoms with E-state index < -0.39 is 6.09 Å². The lowest BCUT2D eigenvalue weighted by Gasteiger charge is -2.14. The minimum absolute atomic E-state index is 0.382. The number of hydrogen-bond donors (Lipinski definition) is 1. The van der Waals surface area contributed by atoms with Crippen molar-refractivity contribution in [2.75, 3.05) is 21.3 Å². The van der Waals surface area contributed by atoms with Gasteiger partial charge in [-0.05, 0) is 18.2 Å². The molecular formula is C23H19N5O5. The average molecular weight is 445 g/mol. The SMILES string of the molecule is COc1cc(-c2nccc3nc(-c4cn(C(=O)O)c5ccccc45)nn23)cc(OC)c1OC. The maximum Gasteiger partial charge on any atom is 0.416 e. The van der Waals surface area contributed by atoms with E-state index in [9.17, 15) is 9.90 Å². The van der Waals surface area contributed by atoms with Crippen LogP contribution in [0, 0.1) is 0 Å². The molecule has 0 spiro atoms. The summed E-state index contributed by atoms with van der Waals surface area (Å²) in [5.41, 5.74) is 2.39. The normalized spacial score (nSPS) is 11.1. The summed E-state index contributed by atoms with van der Waals surface area (Å²) < 4.78 is 19.1. The van der Waals surface area contributed by atoms with Gasteiger partial charge in [-0.25, -0.2) is 14.8 Å². The molecule has 10 nitrogen and oxygen atoms in total. The first-order valence-corrected chi connectivity index (χ1v) is 9.91. The molecule has 3 heterocycles. The molecule has 3 aromatic heterocycles. The lowest BCUT2D eigenvalue weighted by Crippen LogP contribution is -2.05. The average Bonchev–Trinajstić information content (AvgIpc) is 3.44. The van der Waals surface area contributed by atoms with Crippen LogP contribution in [-0.4, -0.2) is 56.7 Å². The van der Waals surface area contributed by atoms with E-state index in [1.54, 1.807) is 55.3 Å². The second-order valence-electron chi connectivity index (χ2n) is 7.10. The third-order valence-electron chi connectivity index (χ3n) is 5.34. The number of fused-ring (bicyclic) bond motifs is 2. The second kappa shape index (κ2) is 7.83. The van der Waals surface area contributed by atoms with Crippen molar-refractivity contribution < 1.29 is 24.1 Å². The zero-order chi connectivity index (χ0) is 23.1. The van der Waals surface area contributed by atoms with Crippen LogP contribution in [0.1, 0.15) is 0 Å². The zero-order valence-corrected chi connectivity index (χ0v) is 18.0. The summed E-state index contributed by atoms with van der Waals surface area (Å²) in [7, 11) is 4.62. The highest BCUT2D eigenvalue weighted by Crippen LogP contribution is 2.41. The summed E-state index contributed by atoms with van der Waals surface area (Å²) in [6.45, 7) is 0. The van der Waals surface area contributed by atoms with E-state index in [1.165, 1.54) is 13.3 Å². The monoisotopic (exact) mass is 445 g/mol. The lowest BCUT2D eigenvalue weighted by molar-refractivity contribution is 0.197. The Labute approximate surface area is 187 Å². The summed E-state index contributed by atoms with van der Waals surface area (Å²) in [5, 5.41) is 15.0. The Morgan fingerprint density at radius 2 is 1.73 bits per heavy atom. The van der Waals surface area contributed by atoms with E-state index >= 15 is 0 Å². The van der Waals surface area contributed by atoms with Crippen molar-refractivity contribution in [3.63, 3.8) is 0 Å². The van der Waals surface area contributed by atoms with Gasteiger partial charge in [0.2, 0.25) is 5.75 Å². The molecule has 1 N–H and O–H groups in total. The van der Waals surface area contributed by atoms with E-state index in [0.717, 1.165) is 9.95 Å². The van der Waals surface area contributed by atoms with Gasteiger partial charge in [-0.2, -0.15) is 4.52 Å². The molecule has 0 atom stereocenters. The van der Waals surface area contributed by atoms with Gasteiger partial charge in [0.25, 0.3) is 0 Å². The number of carboxylic acid groups (broad SMARTS) is 1. The predicted molar refractivity (Wildman–Crippen MR) is 120 cm³/mol. The molecule has 0 aliphatic carbocycles. The van der Waals surface area contributed by atoms with E-state index in [0.29, 0.717) is 51.2 Å². The van der Waals surface area contributed by atoms with Crippen LogP contribution in [0.25, 0.3) is 39.3 Å². The number of methoxy groups -OCH3 is 3. The fraction of sp³-hybridized carbons (Fsp3) is 0.130. The Hall–Kier alpha value is -4.60. The van der Waals surface area contributed by atoms with Crippen LogP contribution in [-0.2, 0) is 0 Å². The molecule has 5 rings (SSSR count). The molecule has 0 fully saturated rings. The second-order valence-corrected chi connectivity index (χ2v) is 7.10. The summed E-state index contributed by atoms with van der Waals surface area (Å²) in [6, 6.07) is 12.5. The van der Waals surface area contributed by atoms with Gasteiger partial charge in [0.1, 0.15) is 0 Å².